The van der Waals surface area contributed by atoms with Crippen molar-refractivity contribution in [2.45, 2.75) is 37.6 Å². The van der Waals surface area contributed by atoms with E-state index in [0.29, 0.717) is 17.9 Å². The predicted molar refractivity (Wildman–Crippen MR) is 50.8 cm³/mol. The van der Waals surface area contributed by atoms with Crippen molar-refractivity contribution in [3.8, 4) is 5.95 Å². The molecule has 2 aliphatic rings. The van der Waals surface area contributed by atoms with Gasteiger partial charge >= 0.3 is 0 Å². The van der Waals surface area contributed by atoms with Gasteiger partial charge in [0, 0.05) is 5.92 Å². The maximum absolute atomic E-state index is 4.11. The van der Waals surface area contributed by atoms with Gasteiger partial charge < -0.3 is 0 Å². The Hall–Kier alpha value is -1.86. The minimum Gasteiger partial charge on any atom is -0.206 e. The van der Waals surface area contributed by atoms with Crippen molar-refractivity contribution >= 4 is 0 Å². The highest BCUT2D eigenvalue weighted by atomic mass is 15.7. The third-order valence-electron chi connectivity index (χ3n) is 3.53. The largest absolute Gasteiger partial charge is 0.273 e. The topological polar surface area (TPSA) is 87.2 Å². The van der Waals surface area contributed by atoms with Gasteiger partial charge in [-0.2, -0.15) is 4.68 Å². The smallest absolute Gasteiger partial charge is 0.206 e. The van der Waals surface area contributed by atoms with Gasteiger partial charge in [-0.3, -0.25) is 0 Å². The molecule has 1 fully saturated rings. The molecule has 0 bridgehead atoms. The Morgan fingerprint density at radius 1 is 1.00 bits per heavy atom. The molecular weight excluding hydrogens is 208 g/mol. The van der Waals surface area contributed by atoms with E-state index in [0.717, 1.165) is 18.7 Å². The minimum absolute atomic E-state index is 0.331. The van der Waals surface area contributed by atoms with E-state index in [2.05, 4.69) is 31.1 Å². The van der Waals surface area contributed by atoms with Crippen LogP contribution >= 0.6 is 0 Å². The summed E-state index contributed by atoms with van der Waals surface area (Å²) in [6.45, 7) is 0. The van der Waals surface area contributed by atoms with E-state index in [4.69, 9.17) is 0 Å². The number of hydrogen-bond donors (Lipinski definition) is 0. The van der Waals surface area contributed by atoms with Crippen molar-refractivity contribution in [3.63, 3.8) is 0 Å². The van der Waals surface area contributed by atoms with Crippen LogP contribution < -0.4 is 0 Å². The van der Waals surface area contributed by atoms with Crippen LogP contribution in [-0.2, 0) is 0 Å². The predicted octanol–water partition coefficient (Wildman–Crippen LogP) is -0.139. The molecule has 0 saturated heterocycles. The van der Waals surface area contributed by atoms with Crippen LogP contribution in [0.5, 0.6) is 0 Å². The van der Waals surface area contributed by atoms with E-state index in [1.807, 2.05) is 4.68 Å². The van der Waals surface area contributed by atoms with E-state index in [9.17, 15) is 0 Å². The number of hydrogen-bond acceptors (Lipinski definition) is 6. The lowest BCUT2D eigenvalue weighted by atomic mass is 9.83. The van der Waals surface area contributed by atoms with Crippen LogP contribution in [0.3, 0.4) is 0 Å². The normalized spacial score (nSPS) is 27.0. The summed E-state index contributed by atoms with van der Waals surface area (Å²) in [5, 5.41) is 23.6. The summed E-state index contributed by atoms with van der Waals surface area (Å²) < 4.78 is 3.53. The van der Waals surface area contributed by atoms with Gasteiger partial charge in [-0.05, 0) is 33.7 Å². The fourth-order valence-corrected chi connectivity index (χ4v) is 2.82. The lowest BCUT2D eigenvalue weighted by Gasteiger charge is -2.33. The zero-order valence-corrected chi connectivity index (χ0v) is 8.56. The van der Waals surface area contributed by atoms with Gasteiger partial charge in [0.05, 0.1) is 6.04 Å². The van der Waals surface area contributed by atoms with Gasteiger partial charge in [-0.25, -0.2) is 4.68 Å². The van der Waals surface area contributed by atoms with Gasteiger partial charge in [-0.15, -0.1) is 5.10 Å². The highest BCUT2D eigenvalue weighted by Gasteiger charge is 2.39. The molecule has 3 heterocycles. The summed E-state index contributed by atoms with van der Waals surface area (Å²) in [6.07, 6.45) is 4.67. The monoisotopic (exact) mass is 218 g/mol. The molecule has 0 amide bonds. The lowest BCUT2D eigenvalue weighted by Crippen LogP contribution is -2.32. The maximum Gasteiger partial charge on any atom is 0.273 e. The number of nitrogens with zero attached hydrogens (tertiary/aromatic N) is 8. The molecule has 2 aromatic heterocycles. The third kappa shape index (κ3) is 0.890. The first-order chi connectivity index (χ1) is 7.95. The van der Waals surface area contributed by atoms with E-state index in [1.54, 1.807) is 4.68 Å². The highest BCUT2D eigenvalue weighted by Crippen LogP contribution is 2.42. The molecule has 2 atom stereocenters. The third-order valence-corrected chi connectivity index (χ3v) is 3.53. The SMILES string of the molecule is C1CCC2C(C1)c1nnnn1-c1nnnn12. The Kier molecular flexibility index (Phi) is 1.47. The van der Waals surface area contributed by atoms with Crippen LogP contribution in [0.25, 0.3) is 5.95 Å². The Balaban J connectivity index is 1.97. The minimum atomic E-state index is 0.331. The molecule has 1 saturated carbocycles. The summed E-state index contributed by atoms with van der Waals surface area (Å²) in [6, 6.07) is 0.331. The molecule has 16 heavy (non-hydrogen) atoms. The number of aromatic nitrogens is 8. The Bertz CT molecular complexity index is 479. The maximum atomic E-state index is 4.11. The van der Waals surface area contributed by atoms with E-state index < -0.39 is 0 Å². The van der Waals surface area contributed by atoms with Gasteiger partial charge in [0.1, 0.15) is 0 Å². The van der Waals surface area contributed by atoms with Gasteiger partial charge in [-0.1, -0.05) is 17.9 Å². The van der Waals surface area contributed by atoms with Crippen LogP contribution in [0, 0.1) is 0 Å². The summed E-state index contributed by atoms with van der Waals surface area (Å²) in [4.78, 5) is 0. The van der Waals surface area contributed by atoms with Crippen molar-refractivity contribution in [1.29, 1.82) is 0 Å². The van der Waals surface area contributed by atoms with Crippen LogP contribution in [0.15, 0.2) is 0 Å². The second-order valence-corrected chi connectivity index (χ2v) is 4.33. The Labute approximate surface area is 90.6 Å². The molecule has 4 rings (SSSR count). The molecule has 1 aliphatic carbocycles. The average molecular weight is 218 g/mol. The summed E-state index contributed by atoms with van der Waals surface area (Å²) in [5.41, 5.74) is 0. The zero-order chi connectivity index (χ0) is 10.5. The molecule has 82 valence electrons. The molecule has 8 heteroatoms. The van der Waals surface area contributed by atoms with Crippen molar-refractivity contribution in [1.82, 2.24) is 40.4 Å². The summed E-state index contributed by atoms with van der Waals surface area (Å²) >= 11 is 0. The molecule has 0 aromatic carbocycles. The summed E-state index contributed by atoms with van der Waals surface area (Å²) in [5.74, 6) is 1.91. The standard InChI is InChI=1S/C8H10N8/c1-2-4-6-5(3-1)7-9-11-14-16(7)8-10-12-13-15(6)8/h5-6H,1-4H2. The lowest BCUT2D eigenvalue weighted by molar-refractivity contribution is 0.249. The number of tetrazole rings is 2. The highest BCUT2D eigenvalue weighted by molar-refractivity contribution is 5.19. The first-order valence-corrected chi connectivity index (χ1v) is 5.51. The van der Waals surface area contributed by atoms with Crippen LogP contribution in [0.4, 0.5) is 0 Å². The van der Waals surface area contributed by atoms with Crippen LogP contribution in [-0.4, -0.2) is 40.4 Å². The summed E-state index contributed by atoms with van der Waals surface area (Å²) in [7, 11) is 0. The molecule has 0 spiro atoms. The molecule has 2 unspecified atom stereocenters. The molecule has 8 nitrogen and oxygen atoms in total. The van der Waals surface area contributed by atoms with Crippen molar-refractivity contribution in [2.24, 2.45) is 0 Å². The van der Waals surface area contributed by atoms with E-state index >= 15 is 0 Å². The van der Waals surface area contributed by atoms with E-state index in [1.165, 1.54) is 12.8 Å². The average Bonchev–Trinajstić information content (AvgIpc) is 2.98. The second-order valence-electron chi connectivity index (χ2n) is 4.33. The second kappa shape index (κ2) is 2.83. The Morgan fingerprint density at radius 2 is 1.88 bits per heavy atom. The molecule has 0 radical (unpaired) electrons. The first-order valence-electron chi connectivity index (χ1n) is 5.51. The zero-order valence-electron chi connectivity index (χ0n) is 8.56. The van der Waals surface area contributed by atoms with E-state index in [-0.39, 0.29) is 0 Å². The number of fused-ring (bicyclic) bond motifs is 6. The first kappa shape index (κ1) is 8.31. The van der Waals surface area contributed by atoms with Gasteiger partial charge in [0.2, 0.25) is 0 Å². The van der Waals surface area contributed by atoms with Crippen LogP contribution in [0.2, 0.25) is 0 Å². The Morgan fingerprint density at radius 3 is 2.88 bits per heavy atom. The van der Waals surface area contributed by atoms with Crippen LogP contribution in [0.1, 0.15) is 43.5 Å². The van der Waals surface area contributed by atoms with Crippen molar-refractivity contribution in [3.05, 3.63) is 5.82 Å². The fraction of sp³-hybridized carbons (Fsp3) is 0.750. The number of rotatable bonds is 0. The van der Waals surface area contributed by atoms with Gasteiger partial charge in [0.25, 0.3) is 5.95 Å². The fourth-order valence-electron chi connectivity index (χ4n) is 2.82. The molecule has 0 N–H and O–H groups in total. The molecular formula is C8H10N8. The van der Waals surface area contributed by atoms with Crippen molar-refractivity contribution < 1.29 is 0 Å². The molecule has 2 aromatic rings. The van der Waals surface area contributed by atoms with Crippen molar-refractivity contribution in [2.75, 3.05) is 0 Å². The quantitative estimate of drug-likeness (QED) is 0.611. The molecule has 1 aliphatic heterocycles. The van der Waals surface area contributed by atoms with Gasteiger partial charge in [0.15, 0.2) is 5.82 Å².